The molecule has 0 fully saturated rings. The average Bonchev–Trinajstić information content (AvgIpc) is 3.40. The Balaban J connectivity index is 1.67. The van der Waals surface area contributed by atoms with E-state index in [0.717, 1.165) is 10.2 Å². The standard InChI is InChI=1S/C43H32Si/c44-39-29-36(30-17-5-1-6-18-30)42(41(32-21-9-3-10-22-32)40(39)31-19-7-2-8-20-31)43(33-23-11-4-12-24-33)37-27-15-13-25-34(37)35-26-14-16-28-38(35)43/h1-29H,44H3. The molecule has 208 valence electrons. The molecular weight excluding hydrogens is 545 g/mol. The number of hydrogen-bond donors (Lipinski definition) is 0. The highest BCUT2D eigenvalue weighted by atomic mass is 28.1. The van der Waals surface area contributed by atoms with E-state index in [1.165, 1.54) is 71.9 Å². The minimum absolute atomic E-state index is 0.538. The lowest BCUT2D eigenvalue weighted by atomic mass is 9.63. The van der Waals surface area contributed by atoms with Crippen molar-refractivity contribution in [2.75, 3.05) is 0 Å². The fourth-order valence-corrected chi connectivity index (χ4v) is 8.40. The predicted molar refractivity (Wildman–Crippen MR) is 190 cm³/mol. The van der Waals surface area contributed by atoms with Crippen LogP contribution in [-0.2, 0) is 5.41 Å². The van der Waals surface area contributed by atoms with Gasteiger partial charge in [0, 0.05) is 10.2 Å². The van der Waals surface area contributed by atoms with Crippen LogP contribution >= 0.6 is 0 Å². The Morgan fingerprint density at radius 2 is 0.773 bits per heavy atom. The minimum atomic E-state index is -0.538. The van der Waals surface area contributed by atoms with E-state index < -0.39 is 5.41 Å². The third-order valence-electron chi connectivity index (χ3n) is 9.27. The van der Waals surface area contributed by atoms with E-state index in [1.807, 2.05) is 0 Å². The molecule has 0 amide bonds. The summed E-state index contributed by atoms with van der Waals surface area (Å²) in [6.07, 6.45) is 0. The first kappa shape index (κ1) is 26.4. The summed E-state index contributed by atoms with van der Waals surface area (Å²) in [4.78, 5) is 0. The summed E-state index contributed by atoms with van der Waals surface area (Å²) in [5.41, 5.74) is 15.1. The monoisotopic (exact) mass is 576 g/mol. The summed E-state index contributed by atoms with van der Waals surface area (Å²) in [7, 11) is 0.915. The third kappa shape index (κ3) is 3.97. The first-order chi connectivity index (χ1) is 21.8. The third-order valence-corrected chi connectivity index (χ3v) is 10.1. The van der Waals surface area contributed by atoms with Crippen LogP contribution in [0.25, 0.3) is 44.5 Å². The number of fused-ring (bicyclic) bond motifs is 3. The summed E-state index contributed by atoms with van der Waals surface area (Å²) in [6, 6.07) is 65.0. The van der Waals surface area contributed by atoms with Crippen LogP contribution in [0.1, 0.15) is 22.3 Å². The van der Waals surface area contributed by atoms with Crippen LogP contribution in [0.15, 0.2) is 176 Å². The molecule has 0 nitrogen and oxygen atoms in total. The molecule has 0 unspecified atom stereocenters. The Hall–Kier alpha value is -5.24. The molecular formula is C43H32Si. The molecule has 0 atom stereocenters. The highest BCUT2D eigenvalue weighted by Crippen LogP contribution is 2.60. The topological polar surface area (TPSA) is 0 Å². The van der Waals surface area contributed by atoms with Gasteiger partial charge in [-0.25, -0.2) is 0 Å². The minimum Gasteiger partial charge on any atom is -0.0622 e. The van der Waals surface area contributed by atoms with Gasteiger partial charge >= 0.3 is 0 Å². The quantitative estimate of drug-likeness (QED) is 0.179. The van der Waals surface area contributed by atoms with Gasteiger partial charge in [0.1, 0.15) is 0 Å². The number of rotatable bonds is 5. The maximum Gasteiger partial charge on any atom is 0.0725 e. The lowest BCUT2D eigenvalue weighted by Gasteiger charge is -2.38. The second kappa shape index (κ2) is 10.8. The van der Waals surface area contributed by atoms with Crippen LogP contribution < -0.4 is 5.19 Å². The molecule has 7 aromatic carbocycles. The molecule has 0 N–H and O–H groups in total. The summed E-state index contributed by atoms with van der Waals surface area (Å²) in [6.45, 7) is 0. The first-order valence-corrected chi connectivity index (χ1v) is 16.4. The second-order valence-electron chi connectivity index (χ2n) is 11.7. The summed E-state index contributed by atoms with van der Waals surface area (Å²) in [5.74, 6) is 0. The molecule has 0 radical (unpaired) electrons. The van der Waals surface area contributed by atoms with E-state index in [9.17, 15) is 0 Å². The predicted octanol–water partition coefficient (Wildman–Crippen LogP) is 9.04. The molecule has 44 heavy (non-hydrogen) atoms. The Morgan fingerprint density at radius 1 is 0.364 bits per heavy atom. The van der Waals surface area contributed by atoms with E-state index >= 15 is 0 Å². The van der Waals surface area contributed by atoms with Crippen LogP contribution in [0.2, 0.25) is 0 Å². The van der Waals surface area contributed by atoms with Crippen molar-refractivity contribution < 1.29 is 0 Å². The summed E-state index contributed by atoms with van der Waals surface area (Å²) >= 11 is 0. The van der Waals surface area contributed by atoms with Crippen molar-refractivity contribution in [3.05, 3.63) is 198 Å². The lowest BCUT2D eigenvalue weighted by Crippen LogP contribution is -2.31. The zero-order valence-corrected chi connectivity index (χ0v) is 26.7. The second-order valence-corrected chi connectivity index (χ2v) is 12.7. The van der Waals surface area contributed by atoms with Crippen molar-refractivity contribution in [1.82, 2.24) is 0 Å². The van der Waals surface area contributed by atoms with Crippen molar-refractivity contribution in [1.29, 1.82) is 0 Å². The molecule has 1 aliphatic rings. The van der Waals surface area contributed by atoms with Crippen molar-refractivity contribution in [2.45, 2.75) is 5.41 Å². The highest BCUT2D eigenvalue weighted by Gasteiger charge is 2.49. The van der Waals surface area contributed by atoms with Gasteiger partial charge in [-0.15, -0.1) is 0 Å². The molecule has 0 heterocycles. The Bertz CT molecular complexity index is 2050. The van der Waals surface area contributed by atoms with Gasteiger partial charge in [0.2, 0.25) is 0 Å². The van der Waals surface area contributed by atoms with E-state index in [-0.39, 0.29) is 0 Å². The molecule has 8 rings (SSSR count). The van der Waals surface area contributed by atoms with Crippen LogP contribution in [0.4, 0.5) is 0 Å². The smallest absolute Gasteiger partial charge is 0.0622 e. The van der Waals surface area contributed by atoms with Crippen LogP contribution in [0, 0.1) is 0 Å². The first-order valence-electron chi connectivity index (χ1n) is 15.4. The Labute approximate surface area is 262 Å². The lowest BCUT2D eigenvalue weighted by molar-refractivity contribution is 0.773. The van der Waals surface area contributed by atoms with Gasteiger partial charge in [0.15, 0.2) is 0 Å². The van der Waals surface area contributed by atoms with Crippen LogP contribution in [0.3, 0.4) is 0 Å². The maximum absolute atomic E-state index is 2.50. The molecule has 1 heteroatoms. The molecule has 0 spiro atoms. The van der Waals surface area contributed by atoms with Gasteiger partial charge in [0.05, 0.1) is 5.41 Å². The SMILES string of the molecule is [SiH3]c1cc(-c2ccccc2)c(C2(c3ccccc3)c3ccccc3-c3ccccc32)c(-c2ccccc2)c1-c1ccccc1. The molecule has 7 aromatic rings. The van der Waals surface area contributed by atoms with Gasteiger partial charge in [0.25, 0.3) is 0 Å². The zero-order valence-electron chi connectivity index (χ0n) is 24.7. The van der Waals surface area contributed by atoms with Gasteiger partial charge in [-0.2, -0.15) is 0 Å². The van der Waals surface area contributed by atoms with Crippen LogP contribution in [-0.4, -0.2) is 10.2 Å². The van der Waals surface area contributed by atoms with Crippen molar-refractivity contribution in [2.24, 2.45) is 0 Å². The van der Waals surface area contributed by atoms with Crippen molar-refractivity contribution in [3.63, 3.8) is 0 Å². The van der Waals surface area contributed by atoms with Gasteiger partial charge in [-0.3, -0.25) is 0 Å². The molecule has 0 aliphatic heterocycles. The Morgan fingerprint density at radius 3 is 1.30 bits per heavy atom. The van der Waals surface area contributed by atoms with Crippen molar-refractivity contribution >= 4 is 15.4 Å². The molecule has 0 saturated carbocycles. The number of hydrogen-bond acceptors (Lipinski definition) is 0. The average molecular weight is 577 g/mol. The number of benzene rings is 7. The maximum atomic E-state index is 2.50. The van der Waals surface area contributed by atoms with Crippen LogP contribution in [0.5, 0.6) is 0 Å². The van der Waals surface area contributed by atoms with Crippen molar-refractivity contribution in [3.8, 4) is 44.5 Å². The van der Waals surface area contributed by atoms with E-state index in [4.69, 9.17) is 0 Å². The largest absolute Gasteiger partial charge is 0.0725 e. The Kier molecular flexibility index (Phi) is 6.47. The molecule has 0 bridgehead atoms. The molecule has 0 saturated heterocycles. The van der Waals surface area contributed by atoms with Gasteiger partial charge < -0.3 is 0 Å². The van der Waals surface area contributed by atoms with E-state index in [2.05, 4.69) is 176 Å². The molecule has 1 aliphatic carbocycles. The fraction of sp³-hybridized carbons (Fsp3) is 0.0233. The van der Waals surface area contributed by atoms with Gasteiger partial charge in [-0.1, -0.05) is 181 Å². The van der Waals surface area contributed by atoms with E-state index in [0.29, 0.717) is 0 Å². The summed E-state index contributed by atoms with van der Waals surface area (Å²) < 4.78 is 0. The summed E-state index contributed by atoms with van der Waals surface area (Å²) in [5, 5.41) is 1.40. The molecule has 0 aromatic heterocycles. The normalized spacial score (nSPS) is 12.9. The zero-order chi connectivity index (χ0) is 29.5. The van der Waals surface area contributed by atoms with E-state index in [1.54, 1.807) is 0 Å². The fourth-order valence-electron chi connectivity index (χ4n) is 7.57. The highest BCUT2D eigenvalue weighted by molar-refractivity contribution is 6.37. The van der Waals surface area contributed by atoms with Gasteiger partial charge in [-0.05, 0) is 66.8 Å².